The summed E-state index contributed by atoms with van der Waals surface area (Å²) >= 11 is 6.27. The number of carboxylic acids is 1. The van der Waals surface area contributed by atoms with Crippen molar-refractivity contribution in [3.05, 3.63) is 33.9 Å². The van der Waals surface area contributed by atoms with Crippen LogP contribution in [0.5, 0.6) is 0 Å². The Morgan fingerprint density at radius 2 is 1.94 bits per heavy atom. The minimum absolute atomic E-state index is 0.155. The summed E-state index contributed by atoms with van der Waals surface area (Å²) in [7, 11) is 3.91. The van der Waals surface area contributed by atoms with Crippen molar-refractivity contribution in [1.82, 2.24) is 4.98 Å². The van der Waals surface area contributed by atoms with Crippen molar-refractivity contribution in [3.63, 3.8) is 0 Å². The second kappa shape index (κ2) is 4.91. The van der Waals surface area contributed by atoms with Gasteiger partial charge < -0.3 is 15.0 Å². The predicted molar refractivity (Wildman–Crippen MR) is 76.2 cm³/mol. The van der Waals surface area contributed by atoms with Gasteiger partial charge in [0, 0.05) is 19.8 Å². The summed E-state index contributed by atoms with van der Waals surface area (Å²) in [6.45, 7) is 0. The van der Waals surface area contributed by atoms with Crippen LogP contribution in [0.1, 0.15) is 10.5 Å². The lowest BCUT2D eigenvalue weighted by Gasteiger charge is -2.12. The summed E-state index contributed by atoms with van der Waals surface area (Å²) in [5, 5.41) is 9.10. The number of anilines is 1. The number of nitrogens with one attached hydrogen (secondary N) is 1. The minimum atomic E-state index is -0.992. The van der Waals surface area contributed by atoms with E-state index in [0.717, 1.165) is 11.3 Å². The minimum Gasteiger partial charge on any atom is -0.477 e. The first-order valence-corrected chi connectivity index (χ1v) is 6.45. The first kappa shape index (κ1) is 12.8. The molecule has 1 aromatic heterocycles. The zero-order valence-corrected chi connectivity index (χ0v) is 11.6. The molecule has 1 heterocycles. The highest BCUT2D eigenvalue weighted by Gasteiger charge is 2.15. The number of thiazole rings is 1. The van der Waals surface area contributed by atoms with Crippen molar-refractivity contribution in [2.75, 3.05) is 19.0 Å². The molecule has 0 fully saturated rings. The van der Waals surface area contributed by atoms with Crippen molar-refractivity contribution in [2.45, 2.75) is 0 Å². The summed E-state index contributed by atoms with van der Waals surface area (Å²) in [6.07, 6.45) is 0. The van der Waals surface area contributed by atoms with Crippen LogP contribution in [0, 0.1) is 3.95 Å². The highest BCUT2D eigenvalue weighted by molar-refractivity contribution is 7.73. The Kier molecular flexibility index (Phi) is 3.49. The maximum absolute atomic E-state index is 11.1. The molecule has 94 valence electrons. The van der Waals surface area contributed by atoms with Gasteiger partial charge in [0.1, 0.15) is 5.69 Å². The second-order valence-corrected chi connectivity index (χ2v) is 5.65. The average Bonchev–Trinajstić information content (AvgIpc) is 2.71. The first-order valence-electron chi connectivity index (χ1n) is 5.23. The molecule has 0 saturated carbocycles. The van der Waals surface area contributed by atoms with Crippen LogP contribution in [-0.4, -0.2) is 30.2 Å². The van der Waals surface area contributed by atoms with Crippen LogP contribution in [0.3, 0.4) is 0 Å². The van der Waals surface area contributed by atoms with Gasteiger partial charge in [-0.15, -0.1) is 11.3 Å². The lowest BCUT2D eigenvalue weighted by atomic mass is 10.1. The van der Waals surface area contributed by atoms with Gasteiger partial charge in [-0.2, -0.15) is 0 Å². The van der Waals surface area contributed by atoms with E-state index in [0.29, 0.717) is 8.83 Å². The van der Waals surface area contributed by atoms with Gasteiger partial charge in [-0.05, 0) is 29.9 Å². The van der Waals surface area contributed by atoms with Crippen LogP contribution < -0.4 is 4.90 Å². The molecular weight excluding hydrogens is 268 g/mol. The van der Waals surface area contributed by atoms with Crippen LogP contribution in [0.4, 0.5) is 5.69 Å². The first-order chi connectivity index (χ1) is 8.49. The van der Waals surface area contributed by atoms with Crippen LogP contribution in [0.25, 0.3) is 10.4 Å². The number of H-pyrrole nitrogens is 1. The van der Waals surface area contributed by atoms with Gasteiger partial charge in [-0.3, -0.25) is 0 Å². The fourth-order valence-electron chi connectivity index (χ4n) is 1.59. The zero-order valence-electron chi connectivity index (χ0n) is 9.93. The Hall–Kier alpha value is -1.66. The number of nitrogens with zero attached hydrogens (tertiary/aromatic N) is 1. The van der Waals surface area contributed by atoms with Gasteiger partial charge in [0.15, 0.2) is 3.95 Å². The van der Waals surface area contributed by atoms with Gasteiger partial charge in [-0.1, -0.05) is 12.1 Å². The molecule has 0 spiro atoms. The van der Waals surface area contributed by atoms with Crippen molar-refractivity contribution in [3.8, 4) is 10.4 Å². The lowest BCUT2D eigenvalue weighted by molar-refractivity contribution is 0.0692. The van der Waals surface area contributed by atoms with Crippen molar-refractivity contribution < 1.29 is 9.90 Å². The number of benzene rings is 1. The molecule has 0 atom stereocenters. The maximum atomic E-state index is 11.1. The third-order valence-electron chi connectivity index (χ3n) is 2.51. The Labute approximate surface area is 114 Å². The van der Waals surface area contributed by atoms with E-state index >= 15 is 0 Å². The molecule has 1 aromatic carbocycles. The van der Waals surface area contributed by atoms with Gasteiger partial charge in [0.05, 0.1) is 4.88 Å². The largest absolute Gasteiger partial charge is 0.477 e. The van der Waals surface area contributed by atoms with Crippen molar-refractivity contribution in [1.29, 1.82) is 0 Å². The van der Waals surface area contributed by atoms with E-state index in [4.69, 9.17) is 17.3 Å². The molecule has 0 saturated heterocycles. The number of hydrogen-bond donors (Lipinski definition) is 2. The van der Waals surface area contributed by atoms with Crippen LogP contribution >= 0.6 is 23.6 Å². The average molecular weight is 280 g/mol. The van der Waals surface area contributed by atoms with Crippen molar-refractivity contribution in [2.24, 2.45) is 0 Å². The van der Waals surface area contributed by atoms with Gasteiger partial charge in [0.25, 0.3) is 0 Å². The third kappa shape index (κ3) is 2.44. The van der Waals surface area contributed by atoms with Crippen molar-refractivity contribution >= 4 is 35.2 Å². The van der Waals surface area contributed by atoms with Gasteiger partial charge in [-0.25, -0.2) is 4.79 Å². The molecule has 0 aliphatic heterocycles. The highest BCUT2D eigenvalue weighted by Crippen LogP contribution is 2.30. The second-order valence-electron chi connectivity index (χ2n) is 3.97. The molecule has 18 heavy (non-hydrogen) atoms. The molecule has 2 aromatic rings. The van der Waals surface area contributed by atoms with Crippen LogP contribution in [0.2, 0.25) is 0 Å². The van der Waals surface area contributed by atoms with E-state index in [9.17, 15) is 4.79 Å². The topological polar surface area (TPSA) is 56.3 Å². The summed E-state index contributed by atoms with van der Waals surface area (Å²) < 4.78 is 0.471. The van der Waals surface area contributed by atoms with E-state index in [1.54, 1.807) is 0 Å². The normalized spacial score (nSPS) is 10.3. The Morgan fingerprint density at radius 3 is 2.44 bits per heavy atom. The monoisotopic (exact) mass is 280 g/mol. The number of aromatic carboxylic acids is 1. The number of aromatic amines is 1. The molecule has 0 unspecified atom stereocenters. The van der Waals surface area contributed by atoms with Gasteiger partial charge >= 0.3 is 5.97 Å². The molecule has 6 heteroatoms. The van der Waals surface area contributed by atoms with E-state index < -0.39 is 5.97 Å². The zero-order chi connectivity index (χ0) is 13.3. The molecule has 0 radical (unpaired) electrons. The molecule has 0 aliphatic carbocycles. The Morgan fingerprint density at radius 1 is 1.33 bits per heavy atom. The summed E-state index contributed by atoms with van der Waals surface area (Å²) in [5.41, 5.74) is 2.08. The lowest BCUT2D eigenvalue weighted by Crippen LogP contribution is -2.08. The smallest absolute Gasteiger partial charge is 0.353 e. The van der Waals surface area contributed by atoms with E-state index in [1.807, 2.05) is 43.3 Å². The highest BCUT2D eigenvalue weighted by atomic mass is 32.1. The fraction of sp³-hybridized carbons (Fsp3) is 0.167. The molecule has 0 bridgehead atoms. The molecule has 2 rings (SSSR count). The summed E-state index contributed by atoms with van der Waals surface area (Å²) in [5.74, 6) is -0.992. The van der Waals surface area contributed by atoms with Crippen LogP contribution in [0.15, 0.2) is 24.3 Å². The number of carbonyl (C=O) groups is 1. The molecular formula is C12H12N2O2S2. The summed E-state index contributed by atoms with van der Waals surface area (Å²) in [6, 6.07) is 7.69. The number of aromatic nitrogens is 1. The molecule has 0 amide bonds. The van der Waals surface area contributed by atoms with E-state index in [1.165, 1.54) is 11.3 Å². The number of hydrogen-bond acceptors (Lipinski definition) is 4. The van der Waals surface area contributed by atoms with Crippen LogP contribution in [-0.2, 0) is 0 Å². The molecule has 4 nitrogen and oxygen atoms in total. The molecule has 2 N–H and O–H groups in total. The molecule has 0 aliphatic rings. The quantitative estimate of drug-likeness (QED) is 0.847. The van der Waals surface area contributed by atoms with Gasteiger partial charge in [0.2, 0.25) is 0 Å². The summed E-state index contributed by atoms with van der Waals surface area (Å²) in [4.78, 5) is 16.5. The van der Waals surface area contributed by atoms with E-state index in [-0.39, 0.29) is 5.69 Å². The maximum Gasteiger partial charge on any atom is 0.353 e. The van der Waals surface area contributed by atoms with E-state index in [2.05, 4.69) is 4.98 Å². The number of carboxylic acid groups (broad SMARTS) is 1. The number of rotatable bonds is 3. The fourth-order valence-corrected chi connectivity index (χ4v) is 2.78. The Balaban J connectivity index is 2.48. The standard InChI is InChI=1S/C12H12N2O2S2/c1-14(2)8-5-3-7(4-6-8)10-9(11(15)16)13-12(17)18-10/h3-6H,1-2H3,(H,13,17)(H,15,16). The SMILES string of the molecule is CN(C)c1ccc(-c2sc(=S)[nH]c2C(=O)O)cc1. The third-order valence-corrected chi connectivity index (χ3v) is 3.79. The Bertz CT molecular complexity index is 626. The predicted octanol–water partition coefficient (Wildman–Crippen LogP) is 3.24.